The third-order valence-electron chi connectivity index (χ3n) is 6.57. The molecule has 0 aliphatic heterocycles. The Hall–Kier alpha value is 0.668. The molecule has 30 heavy (non-hydrogen) atoms. The molecule has 0 bridgehead atoms. The van der Waals surface area contributed by atoms with Gasteiger partial charge in [-0.15, -0.1) is 0 Å². The molecule has 0 spiro atoms. The third kappa shape index (κ3) is 17.3. The second-order valence-corrected chi connectivity index (χ2v) is 20.7. The van der Waals surface area contributed by atoms with Crippen molar-refractivity contribution >= 4 is 21.4 Å². The summed E-state index contributed by atoms with van der Waals surface area (Å²) in [5.74, 6) is 0. The number of hydrogen-bond donors (Lipinski definition) is 0. The van der Waals surface area contributed by atoms with E-state index >= 15 is 0 Å². The van der Waals surface area contributed by atoms with E-state index in [9.17, 15) is 9.46 Å². The zero-order valence-corrected chi connectivity index (χ0v) is 23.4. The van der Waals surface area contributed by atoms with Crippen molar-refractivity contribution < 1.29 is 18.5 Å². The van der Waals surface area contributed by atoms with Gasteiger partial charge in [-0.3, -0.25) is 0 Å². The molecule has 4 nitrogen and oxygen atoms in total. The summed E-state index contributed by atoms with van der Waals surface area (Å²) in [6.45, 7) is 9.55. The first-order valence-corrected chi connectivity index (χ1v) is 19.7. The first kappa shape index (κ1) is 30.7. The molecule has 0 saturated carbocycles. The summed E-state index contributed by atoms with van der Waals surface area (Å²) in [4.78, 5) is 11.9. The fourth-order valence-corrected chi connectivity index (χ4v) is 10.9. The molecular weight excluding hydrogens is 458 g/mol. The zero-order valence-electron chi connectivity index (χ0n) is 20.7. The Labute approximate surface area is 191 Å². The van der Waals surface area contributed by atoms with Crippen LogP contribution in [0.5, 0.6) is 0 Å². The Kier molecular flexibility index (Phi) is 20.7. The van der Waals surface area contributed by atoms with Crippen LogP contribution >= 0.6 is 7.82 Å². The summed E-state index contributed by atoms with van der Waals surface area (Å²) in [6.07, 6.45) is 18.0. The normalized spacial score (nSPS) is 14.2. The molecule has 0 fully saturated rings. The van der Waals surface area contributed by atoms with Crippen LogP contribution in [-0.4, -0.2) is 26.8 Å². The van der Waals surface area contributed by atoms with Crippen molar-refractivity contribution in [2.24, 2.45) is 0 Å². The van der Waals surface area contributed by atoms with Crippen LogP contribution in [0.3, 0.4) is 0 Å². The average Bonchev–Trinajstić information content (AvgIpc) is 2.74. The molecule has 0 radical (unpaired) electrons. The molecule has 182 valence electrons. The summed E-state index contributed by atoms with van der Waals surface area (Å²) in [6, 6.07) is 0. The van der Waals surface area contributed by atoms with E-state index in [2.05, 4.69) is 27.7 Å². The van der Waals surface area contributed by atoms with E-state index in [1.165, 1.54) is 92.7 Å². The van der Waals surface area contributed by atoms with E-state index in [0.29, 0.717) is 6.61 Å². The third-order valence-corrected chi connectivity index (χ3v) is 18.4. The van der Waals surface area contributed by atoms with Gasteiger partial charge in [0.2, 0.25) is 0 Å². The molecule has 1 atom stereocenters. The van der Waals surface area contributed by atoms with Crippen LogP contribution < -0.4 is 4.89 Å². The SMILES string of the molecule is CCCCCCCCCCCCCCCCOP(=O)([O-])OCC[As+](CC)(CC)CC. The number of phosphoric ester groups is 1. The van der Waals surface area contributed by atoms with E-state index in [1.807, 2.05) is 0 Å². The van der Waals surface area contributed by atoms with Crippen molar-refractivity contribution in [1.29, 1.82) is 0 Å². The molecule has 1 unspecified atom stereocenters. The van der Waals surface area contributed by atoms with E-state index in [4.69, 9.17) is 9.05 Å². The van der Waals surface area contributed by atoms with Gasteiger partial charge in [-0.25, -0.2) is 0 Å². The maximum atomic E-state index is 11.9. The summed E-state index contributed by atoms with van der Waals surface area (Å²) >= 11 is -1.69. The predicted molar refractivity (Wildman–Crippen MR) is 132 cm³/mol. The van der Waals surface area contributed by atoms with Crippen LogP contribution in [0.25, 0.3) is 0 Å². The summed E-state index contributed by atoms with van der Waals surface area (Å²) < 4.78 is 22.1. The fraction of sp³-hybridized carbons (Fsp3) is 1.00. The molecule has 0 N–H and O–H groups in total. The topological polar surface area (TPSA) is 58.6 Å². The zero-order chi connectivity index (χ0) is 22.6. The van der Waals surface area contributed by atoms with Gasteiger partial charge < -0.3 is 0 Å². The first-order valence-electron chi connectivity index (χ1n) is 12.9. The second kappa shape index (κ2) is 20.3. The van der Waals surface area contributed by atoms with Gasteiger partial charge in [0, 0.05) is 0 Å². The Morgan fingerprint density at radius 2 is 0.967 bits per heavy atom. The number of hydrogen-bond acceptors (Lipinski definition) is 4. The fourth-order valence-electron chi connectivity index (χ4n) is 4.00. The van der Waals surface area contributed by atoms with Crippen molar-refractivity contribution in [2.45, 2.75) is 138 Å². The van der Waals surface area contributed by atoms with Crippen molar-refractivity contribution in [3.05, 3.63) is 0 Å². The Bertz CT molecular complexity index is 408. The van der Waals surface area contributed by atoms with E-state index in [1.54, 1.807) is 0 Å². The van der Waals surface area contributed by atoms with Crippen molar-refractivity contribution in [1.82, 2.24) is 0 Å². The molecule has 0 saturated heterocycles. The van der Waals surface area contributed by atoms with Crippen LogP contribution in [0.2, 0.25) is 20.8 Å². The Morgan fingerprint density at radius 3 is 1.37 bits per heavy atom. The standard InChI is InChI=1S/C24H52AsO4P/c1-5-9-10-11-12-13-14-15-16-17-18-19-20-21-23-28-30(26,27)29-24-22-25(6-2,7-3)8-4/h5-24H2,1-4H3. The molecule has 0 heterocycles. The van der Waals surface area contributed by atoms with Gasteiger partial charge in [0.1, 0.15) is 0 Å². The molecule has 0 aromatic heterocycles. The summed E-state index contributed by atoms with van der Waals surface area (Å²) in [5, 5.41) is 4.60. The summed E-state index contributed by atoms with van der Waals surface area (Å²) in [7, 11) is -4.12. The molecule has 0 aliphatic carbocycles. The van der Waals surface area contributed by atoms with Crippen LogP contribution in [0, 0.1) is 0 Å². The monoisotopic (exact) mass is 510 g/mol. The maximum absolute atomic E-state index is 11.9. The quantitative estimate of drug-likeness (QED) is 0.0786. The molecule has 0 aromatic carbocycles. The number of unbranched alkanes of at least 4 members (excludes halogenated alkanes) is 13. The van der Waals surface area contributed by atoms with Crippen LogP contribution in [0.15, 0.2) is 0 Å². The van der Waals surface area contributed by atoms with Gasteiger partial charge in [0.15, 0.2) is 0 Å². The molecule has 0 aliphatic rings. The number of phosphoric acid groups is 1. The van der Waals surface area contributed by atoms with Crippen LogP contribution in [0.1, 0.15) is 118 Å². The number of rotatable bonds is 23. The molecule has 0 aromatic rings. The van der Waals surface area contributed by atoms with Crippen molar-refractivity contribution in [3.8, 4) is 0 Å². The van der Waals surface area contributed by atoms with Gasteiger partial charge in [0.25, 0.3) is 0 Å². The van der Waals surface area contributed by atoms with Crippen LogP contribution in [0.4, 0.5) is 0 Å². The average molecular weight is 511 g/mol. The Morgan fingerprint density at radius 1 is 0.600 bits per heavy atom. The van der Waals surface area contributed by atoms with Gasteiger partial charge in [-0.1, -0.05) is 58.3 Å². The molecule has 6 heteroatoms. The molecule has 0 amide bonds. The van der Waals surface area contributed by atoms with Crippen molar-refractivity contribution in [3.63, 3.8) is 0 Å². The minimum atomic E-state index is -4.12. The molecular formula is C24H52AsO4P. The van der Waals surface area contributed by atoms with E-state index in [0.717, 1.165) is 18.1 Å². The molecule has 0 rings (SSSR count). The van der Waals surface area contributed by atoms with Gasteiger partial charge >= 0.3 is 133 Å². The van der Waals surface area contributed by atoms with Crippen LogP contribution in [-0.2, 0) is 13.6 Å². The van der Waals surface area contributed by atoms with Gasteiger partial charge in [-0.05, 0) is 0 Å². The first-order chi connectivity index (χ1) is 14.4. The van der Waals surface area contributed by atoms with Gasteiger partial charge in [0.05, 0.1) is 0 Å². The minimum absolute atomic E-state index is 0.263. The van der Waals surface area contributed by atoms with Gasteiger partial charge in [-0.2, -0.15) is 0 Å². The second-order valence-electron chi connectivity index (χ2n) is 8.72. The Balaban J connectivity index is 3.51. The summed E-state index contributed by atoms with van der Waals surface area (Å²) in [5.41, 5.74) is 0. The van der Waals surface area contributed by atoms with E-state index in [-0.39, 0.29) is 6.61 Å². The van der Waals surface area contributed by atoms with E-state index < -0.39 is 21.4 Å². The predicted octanol–water partition coefficient (Wildman–Crippen LogP) is 8.48. The van der Waals surface area contributed by atoms with Crippen molar-refractivity contribution in [2.75, 3.05) is 13.2 Å².